The molecule has 0 aliphatic rings. The zero-order valence-corrected chi connectivity index (χ0v) is 21.0. The number of rotatable bonds is 12. The van der Waals surface area contributed by atoms with Gasteiger partial charge in [0.05, 0.1) is 25.3 Å². The largest absolute Gasteiger partial charge is 0.493 e. The average molecular weight is 497 g/mol. The molecule has 0 atom stereocenters. The SMILES string of the molecule is CCCn1c(N)c(N(CCOC)C(=O)c2cc(Cl)c(OCCC(C)C)c(OC)c2)c(=O)[nH]c1=O. The lowest BCUT2D eigenvalue weighted by molar-refractivity contribution is 0.0975. The van der Waals surface area contributed by atoms with Crippen LogP contribution in [0.15, 0.2) is 21.7 Å². The molecule has 2 aromatic rings. The number of aromatic amines is 1. The normalized spacial score (nSPS) is 11.0. The molecular weight excluding hydrogens is 464 g/mol. The van der Waals surface area contributed by atoms with Crippen molar-refractivity contribution in [2.24, 2.45) is 5.92 Å². The molecule has 3 N–H and O–H groups in total. The van der Waals surface area contributed by atoms with E-state index in [1.165, 1.54) is 35.8 Å². The van der Waals surface area contributed by atoms with Crippen LogP contribution in [-0.4, -0.2) is 49.4 Å². The Kier molecular flexibility index (Phi) is 10.0. The van der Waals surface area contributed by atoms with Crippen LogP contribution in [0, 0.1) is 5.92 Å². The molecule has 0 fully saturated rings. The third-order valence-electron chi connectivity index (χ3n) is 5.11. The highest BCUT2D eigenvalue weighted by Crippen LogP contribution is 2.37. The van der Waals surface area contributed by atoms with Gasteiger partial charge in [0.1, 0.15) is 5.82 Å². The number of ether oxygens (including phenoxy) is 3. The van der Waals surface area contributed by atoms with Crippen LogP contribution < -0.4 is 31.4 Å². The molecule has 1 amide bonds. The second-order valence-electron chi connectivity index (χ2n) is 8.11. The van der Waals surface area contributed by atoms with Crippen molar-refractivity contribution in [1.29, 1.82) is 0 Å². The first-order valence-corrected chi connectivity index (χ1v) is 11.5. The van der Waals surface area contributed by atoms with Crippen LogP contribution in [-0.2, 0) is 11.3 Å². The van der Waals surface area contributed by atoms with Gasteiger partial charge < -0.3 is 19.9 Å². The monoisotopic (exact) mass is 496 g/mol. The number of hydrogen-bond donors (Lipinski definition) is 2. The topological polar surface area (TPSA) is 129 Å². The number of halogens is 1. The van der Waals surface area contributed by atoms with Crippen LogP contribution in [0.5, 0.6) is 11.5 Å². The lowest BCUT2D eigenvalue weighted by atomic mass is 10.1. The number of anilines is 2. The Morgan fingerprint density at radius 3 is 2.53 bits per heavy atom. The maximum Gasteiger partial charge on any atom is 0.330 e. The summed E-state index contributed by atoms with van der Waals surface area (Å²) in [5, 5.41) is 0.191. The first-order valence-electron chi connectivity index (χ1n) is 11.1. The third-order valence-corrected chi connectivity index (χ3v) is 5.39. The number of amides is 1. The molecule has 2 rings (SSSR count). The molecule has 0 saturated heterocycles. The molecule has 1 aromatic carbocycles. The van der Waals surface area contributed by atoms with Gasteiger partial charge >= 0.3 is 5.69 Å². The Labute approximate surface area is 203 Å². The summed E-state index contributed by atoms with van der Waals surface area (Å²) < 4.78 is 17.6. The summed E-state index contributed by atoms with van der Waals surface area (Å²) in [4.78, 5) is 41.9. The van der Waals surface area contributed by atoms with Crippen LogP contribution in [0.2, 0.25) is 5.02 Å². The van der Waals surface area contributed by atoms with Gasteiger partial charge in [0.25, 0.3) is 11.5 Å². The van der Waals surface area contributed by atoms with Crippen molar-refractivity contribution in [1.82, 2.24) is 9.55 Å². The second-order valence-corrected chi connectivity index (χ2v) is 8.52. The third kappa shape index (κ3) is 6.32. The lowest BCUT2D eigenvalue weighted by Gasteiger charge is -2.25. The molecule has 11 heteroatoms. The molecule has 0 spiro atoms. The number of benzene rings is 1. The fraction of sp³-hybridized carbons (Fsp3) is 0.522. The van der Waals surface area contributed by atoms with Crippen LogP contribution in [0.1, 0.15) is 44.0 Å². The number of nitrogens with one attached hydrogen (secondary N) is 1. The molecule has 0 radical (unpaired) electrons. The molecule has 10 nitrogen and oxygen atoms in total. The predicted octanol–water partition coefficient (Wildman–Crippen LogP) is 2.91. The summed E-state index contributed by atoms with van der Waals surface area (Å²) in [6.07, 6.45) is 1.42. The van der Waals surface area contributed by atoms with Gasteiger partial charge in [-0.25, -0.2) is 4.79 Å². The van der Waals surface area contributed by atoms with E-state index < -0.39 is 17.2 Å². The molecule has 0 unspecified atom stereocenters. The smallest absolute Gasteiger partial charge is 0.330 e. The zero-order chi connectivity index (χ0) is 25.4. The summed E-state index contributed by atoms with van der Waals surface area (Å²) in [6, 6.07) is 2.94. The maximum atomic E-state index is 13.6. The molecule has 34 heavy (non-hydrogen) atoms. The van der Waals surface area contributed by atoms with Gasteiger partial charge in [-0.1, -0.05) is 32.4 Å². The van der Waals surface area contributed by atoms with E-state index in [1.54, 1.807) is 0 Å². The minimum atomic E-state index is -0.772. The van der Waals surface area contributed by atoms with Gasteiger partial charge in [0, 0.05) is 25.8 Å². The summed E-state index contributed by atoms with van der Waals surface area (Å²) >= 11 is 6.44. The molecule has 0 saturated carbocycles. The number of H-pyrrole nitrogens is 1. The van der Waals surface area contributed by atoms with Crippen molar-refractivity contribution < 1.29 is 19.0 Å². The number of nitrogens with two attached hydrogens (primary N) is 1. The minimum Gasteiger partial charge on any atom is -0.493 e. The molecule has 0 bridgehead atoms. The molecule has 0 aliphatic carbocycles. The Morgan fingerprint density at radius 1 is 1.24 bits per heavy atom. The Bertz CT molecular complexity index is 1110. The van der Waals surface area contributed by atoms with Crippen molar-refractivity contribution in [3.63, 3.8) is 0 Å². The van der Waals surface area contributed by atoms with Crippen LogP contribution >= 0.6 is 11.6 Å². The van der Waals surface area contributed by atoms with E-state index in [2.05, 4.69) is 18.8 Å². The van der Waals surface area contributed by atoms with Gasteiger partial charge in [-0.3, -0.25) is 24.0 Å². The van der Waals surface area contributed by atoms with E-state index in [1.807, 2.05) is 6.92 Å². The Balaban J connectivity index is 2.55. The van der Waals surface area contributed by atoms with Crippen molar-refractivity contribution in [3.8, 4) is 11.5 Å². The van der Waals surface area contributed by atoms with Gasteiger partial charge in [0.2, 0.25) is 0 Å². The number of carbonyl (C=O) groups is 1. The van der Waals surface area contributed by atoms with Gasteiger partial charge in [-0.05, 0) is 30.9 Å². The predicted molar refractivity (Wildman–Crippen MR) is 133 cm³/mol. The molecule has 1 heterocycles. The fourth-order valence-electron chi connectivity index (χ4n) is 3.32. The van der Waals surface area contributed by atoms with Gasteiger partial charge in [0.15, 0.2) is 17.2 Å². The van der Waals surface area contributed by atoms with Crippen LogP contribution in [0.4, 0.5) is 11.5 Å². The Hall–Kier alpha value is -2.98. The van der Waals surface area contributed by atoms with E-state index in [0.717, 1.165) is 6.42 Å². The van der Waals surface area contributed by atoms with Gasteiger partial charge in [-0.15, -0.1) is 0 Å². The molecule has 1 aromatic heterocycles. The highest BCUT2D eigenvalue weighted by molar-refractivity contribution is 6.32. The van der Waals surface area contributed by atoms with Crippen molar-refractivity contribution in [2.75, 3.05) is 44.6 Å². The van der Waals surface area contributed by atoms with Crippen LogP contribution in [0.3, 0.4) is 0 Å². The minimum absolute atomic E-state index is 0.0134. The maximum absolute atomic E-state index is 13.6. The number of nitrogens with zero attached hydrogens (tertiary/aromatic N) is 2. The van der Waals surface area contributed by atoms with E-state index >= 15 is 0 Å². The number of methoxy groups -OCH3 is 2. The number of nitrogen functional groups attached to an aromatic ring is 1. The molecule has 188 valence electrons. The summed E-state index contributed by atoms with van der Waals surface area (Å²) in [5.74, 6) is 0.388. The number of carbonyl (C=O) groups excluding carboxylic acids is 1. The van der Waals surface area contributed by atoms with Crippen molar-refractivity contribution >= 4 is 29.0 Å². The van der Waals surface area contributed by atoms with E-state index in [0.29, 0.717) is 24.7 Å². The fourth-order valence-corrected chi connectivity index (χ4v) is 3.58. The standard InChI is InChI=1S/C23H33ClN4O6/c1-6-8-28-20(25)18(21(29)26-23(28)31)27(9-11-32-4)22(30)15-12-16(24)19(17(13-15)33-5)34-10-7-14(2)3/h12-14H,6-11,25H2,1-5H3,(H,26,29,31). The Morgan fingerprint density at radius 2 is 1.94 bits per heavy atom. The zero-order valence-electron chi connectivity index (χ0n) is 20.3. The van der Waals surface area contributed by atoms with E-state index in [-0.39, 0.29) is 47.5 Å². The average Bonchev–Trinajstić information content (AvgIpc) is 2.78. The molecular formula is C23H33ClN4O6. The second kappa shape index (κ2) is 12.5. The van der Waals surface area contributed by atoms with Gasteiger partial charge in [-0.2, -0.15) is 0 Å². The first-order chi connectivity index (χ1) is 16.2. The first kappa shape index (κ1) is 27.3. The van der Waals surface area contributed by atoms with Crippen molar-refractivity contribution in [3.05, 3.63) is 43.6 Å². The number of hydrogen-bond acceptors (Lipinski definition) is 7. The lowest BCUT2D eigenvalue weighted by Crippen LogP contribution is -2.42. The summed E-state index contributed by atoms with van der Waals surface area (Å²) in [5.41, 5.74) is 4.79. The van der Waals surface area contributed by atoms with Crippen LogP contribution in [0.25, 0.3) is 0 Å². The number of aromatic nitrogens is 2. The summed E-state index contributed by atoms with van der Waals surface area (Å²) in [7, 11) is 2.92. The van der Waals surface area contributed by atoms with Crippen molar-refractivity contribution in [2.45, 2.75) is 40.2 Å². The van der Waals surface area contributed by atoms with E-state index in [4.69, 9.17) is 31.5 Å². The summed E-state index contributed by atoms with van der Waals surface area (Å²) in [6.45, 7) is 6.88. The quantitative estimate of drug-likeness (QED) is 0.462. The molecule has 0 aliphatic heterocycles. The highest BCUT2D eigenvalue weighted by Gasteiger charge is 2.27. The van der Waals surface area contributed by atoms with E-state index in [9.17, 15) is 14.4 Å². The highest BCUT2D eigenvalue weighted by atomic mass is 35.5.